The van der Waals surface area contributed by atoms with Crippen LogP contribution in [0.4, 0.5) is 15.6 Å². The third kappa shape index (κ3) is 4.28. The summed E-state index contributed by atoms with van der Waals surface area (Å²) in [5, 5.41) is 13.4. The minimum absolute atomic E-state index is 0.162. The van der Waals surface area contributed by atoms with Crippen LogP contribution in [0.2, 0.25) is 0 Å². The molecule has 140 valence electrons. The Hall–Kier alpha value is -2.87. The van der Waals surface area contributed by atoms with Crippen LogP contribution in [-0.2, 0) is 0 Å². The van der Waals surface area contributed by atoms with Crippen LogP contribution in [0, 0.1) is 6.92 Å². The van der Waals surface area contributed by atoms with E-state index < -0.39 is 0 Å². The second kappa shape index (κ2) is 7.79. The van der Waals surface area contributed by atoms with E-state index in [2.05, 4.69) is 25.6 Å². The Bertz CT molecular complexity index is 881. The highest BCUT2D eigenvalue weighted by Gasteiger charge is 2.22. The number of hydrogen-bond donors (Lipinski definition) is 2. The lowest BCUT2D eigenvalue weighted by molar-refractivity contribution is 0.246. The normalized spacial score (nSPS) is 14.9. The van der Waals surface area contributed by atoms with Crippen molar-refractivity contribution in [2.24, 2.45) is 0 Å². The van der Waals surface area contributed by atoms with E-state index >= 15 is 0 Å². The molecule has 27 heavy (non-hydrogen) atoms. The number of urea groups is 1. The number of benzene rings is 1. The van der Waals surface area contributed by atoms with Crippen LogP contribution >= 0.6 is 11.3 Å². The SMILES string of the molecule is Cc1ccn(-c2ccc(NC(=O)NC3CCN(c4nccs4)CC3)cc2)n1. The summed E-state index contributed by atoms with van der Waals surface area (Å²) in [5.74, 6) is 0. The summed E-state index contributed by atoms with van der Waals surface area (Å²) in [7, 11) is 0. The van der Waals surface area contributed by atoms with Gasteiger partial charge in [-0.3, -0.25) is 0 Å². The maximum absolute atomic E-state index is 12.3. The van der Waals surface area contributed by atoms with Crippen molar-refractivity contribution in [2.45, 2.75) is 25.8 Å². The van der Waals surface area contributed by atoms with Crippen LogP contribution in [0.15, 0.2) is 48.1 Å². The topological polar surface area (TPSA) is 75.1 Å². The number of nitrogens with zero attached hydrogens (tertiary/aromatic N) is 4. The van der Waals surface area contributed by atoms with Crippen molar-refractivity contribution in [3.8, 4) is 5.69 Å². The highest BCUT2D eigenvalue weighted by Crippen LogP contribution is 2.22. The molecule has 1 aromatic carbocycles. The van der Waals surface area contributed by atoms with E-state index in [-0.39, 0.29) is 12.1 Å². The predicted octanol–water partition coefficient (Wildman–Crippen LogP) is 3.43. The molecule has 3 aromatic rings. The molecule has 4 rings (SSSR count). The lowest BCUT2D eigenvalue weighted by Crippen LogP contribution is -2.46. The van der Waals surface area contributed by atoms with Gasteiger partial charge in [0.25, 0.3) is 0 Å². The van der Waals surface area contributed by atoms with Crippen molar-refractivity contribution in [2.75, 3.05) is 23.3 Å². The molecule has 0 unspecified atom stereocenters. The summed E-state index contributed by atoms with van der Waals surface area (Å²) in [4.78, 5) is 18.9. The van der Waals surface area contributed by atoms with Gasteiger partial charge in [-0.15, -0.1) is 11.3 Å². The average Bonchev–Trinajstić information content (AvgIpc) is 3.35. The maximum Gasteiger partial charge on any atom is 0.319 e. The van der Waals surface area contributed by atoms with Gasteiger partial charge in [-0.25, -0.2) is 14.5 Å². The average molecular weight is 382 g/mol. The molecular weight excluding hydrogens is 360 g/mol. The summed E-state index contributed by atoms with van der Waals surface area (Å²) >= 11 is 1.66. The molecule has 1 aliphatic rings. The number of aryl methyl sites for hydroxylation is 1. The number of rotatable bonds is 4. The van der Waals surface area contributed by atoms with Crippen LogP contribution < -0.4 is 15.5 Å². The first-order chi connectivity index (χ1) is 13.2. The molecule has 3 heterocycles. The summed E-state index contributed by atoms with van der Waals surface area (Å²) in [6.45, 7) is 3.78. The van der Waals surface area contributed by atoms with Gasteiger partial charge in [0, 0.05) is 42.6 Å². The third-order valence-electron chi connectivity index (χ3n) is 4.63. The smallest absolute Gasteiger partial charge is 0.319 e. The molecule has 2 amide bonds. The van der Waals surface area contributed by atoms with Gasteiger partial charge in [0.1, 0.15) is 0 Å². The van der Waals surface area contributed by atoms with E-state index in [1.807, 2.05) is 59.7 Å². The molecule has 8 heteroatoms. The number of amides is 2. The Labute approximate surface area is 162 Å². The van der Waals surface area contributed by atoms with Crippen molar-refractivity contribution in [3.63, 3.8) is 0 Å². The van der Waals surface area contributed by atoms with Crippen LogP contribution in [0.1, 0.15) is 18.5 Å². The fourth-order valence-corrected chi connectivity index (χ4v) is 3.89. The molecule has 1 fully saturated rings. The van der Waals surface area contributed by atoms with Gasteiger partial charge in [-0.05, 0) is 50.1 Å². The van der Waals surface area contributed by atoms with Gasteiger partial charge < -0.3 is 15.5 Å². The van der Waals surface area contributed by atoms with Crippen LogP contribution in [0.3, 0.4) is 0 Å². The molecule has 0 atom stereocenters. The van der Waals surface area contributed by atoms with E-state index in [9.17, 15) is 4.79 Å². The summed E-state index contributed by atoms with van der Waals surface area (Å²) in [6, 6.07) is 9.63. The first-order valence-electron chi connectivity index (χ1n) is 9.02. The van der Waals surface area contributed by atoms with Crippen molar-refractivity contribution >= 4 is 28.2 Å². The zero-order valence-corrected chi connectivity index (χ0v) is 15.9. The number of hydrogen-bond acceptors (Lipinski definition) is 5. The predicted molar refractivity (Wildman–Crippen MR) is 108 cm³/mol. The molecule has 1 aliphatic heterocycles. The van der Waals surface area contributed by atoms with E-state index in [4.69, 9.17) is 0 Å². The zero-order chi connectivity index (χ0) is 18.6. The molecule has 1 saturated heterocycles. The molecule has 0 bridgehead atoms. The molecule has 0 radical (unpaired) electrons. The Morgan fingerprint density at radius 1 is 1.19 bits per heavy atom. The van der Waals surface area contributed by atoms with E-state index in [0.29, 0.717) is 0 Å². The number of thiazole rings is 1. The Morgan fingerprint density at radius 3 is 2.59 bits per heavy atom. The Morgan fingerprint density at radius 2 is 1.96 bits per heavy atom. The minimum Gasteiger partial charge on any atom is -0.348 e. The fraction of sp³-hybridized carbons (Fsp3) is 0.316. The summed E-state index contributed by atoms with van der Waals surface area (Å²) in [5.41, 5.74) is 2.70. The number of anilines is 2. The molecule has 0 aliphatic carbocycles. The molecule has 0 spiro atoms. The lowest BCUT2D eigenvalue weighted by Gasteiger charge is -2.32. The highest BCUT2D eigenvalue weighted by molar-refractivity contribution is 7.13. The van der Waals surface area contributed by atoms with Gasteiger partial charge in [0.15, 0.2) is 5.13 Å². The van der Waals surface area contributed by atoms with Crippen molar-refractivity contribution in [1.82, 2.24) is 20.1 Å². The van der Waals surface area contributed by atoms with E-state index in [1.54, 1.807) is 11.3 Å². The third-order valence-corrected chi connectivity index (χ3v) is 5.46. The standard InChI is InChI=1S/C19H22N6OS/c1-14-6-12-25(23-14)17-4-2-15(3-5-17)21-18(26)22-16-7-10-24(11-8-16)19-20-9-13-27-19/h2-6,9,12-13,16H,7-8,10-11H2,1H3,(H2,21,22,26). The number of carbonyl (C=O) groups is 1. The quantitative estimate of drug-likeness (QED) is 0.725. The van der Waals surface area contributed by atoms with E-state index in [1.165, 1.54) is 0 Å². The molecule has 2 N–H and O–H groups in total. The molecule has 2 aromatic heterocycles. The summed E-state index contributed by atoms with van der Waals surface area (Å²) in [6.07, 6.45) is 5.59. The van der Waals surface area contributed by atoms with Crippen LogP contribution in [0.25, 0.3) is 5.69 Å². The maximum atomic E-state index is 12.3. The first-order valence-corrected chi connectivity index (χ1v) is 9.90. The van der Waals surface area contributed by atoms with E-state index in [0.717, 1.165) is 48.1 Å². The number of piperidine rings is 1. The van der Waals surface area contributed by atoms with Gasteiger partial charge in [0.2, 0.25) is 0 Å². The minimum atomic E-state index is -0.162. The monoisotopic (exact) mass is 382 g/mol. The largest absolute Gasteiger partial charge is 0.348 e. The van der Waals surface area contributed by atoms with Crippen molar-refractivity contribution < 1.29 is 4.79 Å². The molecule has 0 saturated carbocycles. The Kier molecular flexibility index (Phi) is 5.06. The van der Waals surface area contributed by atoms with Crippen molar-refractivity contribution in [3.05, 3.63) is 53.8 Å². The highest BCUT2D eigenvalue weighted by atomic mass is 32.1. The van der Waals surface area contributed by atoms with Gasteiger partial charge in [-0.1, -0.05) is 0 Å². The zero-order valence-electron chi connectivity index (χ0n) is 15.1. The van der Waals surface area contributed by atoms with Crippen LogP contribution in [0.5, 0.6) is 0 Å². The molecular formula is C19H22N6OS. The Balaban J connectivity index is 1.27. The van der Waals surface area contributed by atoms with Crippen LogP contribution in [-0.4, -0.2) is 39.9 Å². The first kappa shape index (κ1) is 17.5. The lowest BCUT2D eigenvalue weighted by atomic mass is 10.1. The second-order valence-corrected chi connectivity index (χ2v) is 7.50. The summed E-state index contributed by atoms with van der Waals surface area (Å²) < 4.78 is 1.81. The van der Waals surface area contributed by atoms with Crippen molar-refractivity contribution in [1.29, 1.82) is 0 Å². The fourth-order valence-electron chi connectivity index (χ4n) is 3.20. The van der Waals surface area contributed by atoms with Gasteiger partial charge in [0.05, 0.1) is 11.4 Å². The van der Waals surface area contributed by atoms with Gasteiger partial charge in [-0.2, -0.15) is 5.10 Å². The number of aromatic nitrogens is 3. The molecule has 7 nitrogen and oxygen atoms in total. The number of carbonyl (C=O) groups excluding carboxylic acids is 1. The number of nitrogens with one attached hydrogen (secondary N) is 2. The van der Waals surface area contributed by atoms with Gasteiger partial charge >= 0.3 is 6.03 Å². The second-order valence-electron chi connectivity index (χ2n) is 6.62.